The second-order valence-electron chi connectivity index (χ2n) is 13.9. The van der Waals surface area contributed by atoms with Crippen molar-refractivity contribution in [3.63, 3.8) is 0 Å². The van der Waals surface area contributed by atoms with Crippen molar-refractivity contribution < 1.29 is 19.1 Å². The van der Waals surface area contributed by atoms with Crippen LogP contribution in [0.3, 0.4) is 0 Å². The molecule has 2 aromatic carbocycles. The van der Waals surface area contributed by atoms with Gasteiger partial charge in [0.15, 0.2) is 0 Å². The number of ether oxygens (including phenoxy) is 1. The molecule has 0 radical (unpaired) electrons. The Bertz CT molecular complexity index is 1880. The summed E-state index contributed by atoms with van der Waals surface area (Å²) in [6.07, 6.45) is 6.78. The van der Waals surface area contributed by atoms with Crippen LogP contribution in [-0.2, 0) is 38.6 Å². The Morgan fingerprint density at radius 2 is 1.69 bits per heavy atom. The molecule has 0 aliphatic carbocycles. The number of hydrogen-bond acceptors (Lipinski definition) is 10. The van der Waals surface area contributed by atoms with Crippen LogP contribution in [0.25, 0.3) is 10.9 Å². The fourth-order valence-electron chi connectivity index (χ4n) is 7.07. The Morgan fingerprint density at radius 3 is 2.50 bits per heavy atom. The maximum Gasteiger partial charge on any atom is 0.245 e. The van der Waals surface area contributed by atoms with Gasteiger partial charge in [-0.1, -0.05) is 42.1 Å². The Balaban J connectivity index is 1.40. The number of H-pyrrole nitrogens is 1. The van der Waals surface area contributed by atoms with Gasteiger partial charge in [0.2, 0.25) is 17.7 Å². The largest absolute Gasteiger partial charge is 0.378 e. The number of aromatic nitrogens is 2. The number of hydrogen-bond donors (Lipinski definition) is 6. The van der Waals surface area contributed by atoms with Gasteiger partial charge in [0, 0.05) is 73.5 Å². The lowest BCUT2D eigenvalue weighted by molar-refractivity contribution is -0.142. The van der Waals surface area contributed by atoms with Crippen LogP contribution in [0, 0.1) is 0 Å². The monoisotopic (exact) mass is 755 g/mol. The third-order valence-electron chi connectivity index (χ3n) is 10.3. The van der Waals surface area contributed by atoms with Crippen molar-refractivity contribution in [1.82, 2.24) is 30.8 Å². The highest BCUT2D eigenvalue weighted by Crippen LogP contribution is 2.35. The van der Waals surface area contributed by atoms with E-state index in [1.165, 1.54) is 16.7 Å². The van der Waals surface area contributed by atoms with E-state index in [0.29, 0.717) is 65.0 Å². The van der Waals surface area contributed by atoms with E-state index in [4.69, 9.17) is 21.2 Å². The molecule has 14 heteroatoms. The van der Waals surface area contributed by atoms with E-state index in [9.17, 15) is 14.4 Å². The van der Waals surface area contributed by atoms with Crippen LogP contribution < -0.4 is 32.3 Å². The number of nitrogens with one attached hydrogen (secondary N) is 4. The Hall–Kier alpha value is -4.47. The van der Waals surface area contributed by atoms with Crippen LogP contribution in [0.4, 0.5) is 5.69 Å². The number of nitrogens with zero attached hydrogens (tertiary/aromatic N) is 3. The summed E-state index contributed by atoms with van der Waals surface area (Å²) in [5, 5.41) is 11.5. The molecule has 6 rings (SSSR count). The van der Waals surface area contributed by atoms with Crippen LogP contribution in [0.1, 0.15) is 48.8 Å². The summed E-state index contributed by atoms with van der Waals surface area (Å²) in [5.41, 5.74) is 16.5. The minimum absolute atomic E-state index is 0.245. The molecule has 3 atom stereocenters. The Kier molecular flexibility index (Phi) is 14.0. The number of anilines is 1. The number of rotatable bonds is 10. The van der Waals surface area contributed by atoms with Gasteiger partial charge in [0.1, 0.15) is 17.1 Å². The zero-order valence-electron chi connectivity index (χ0n) is 31.0. The van der Waals surface area contributed by atoms with Gasteiger partial charge in [-0.05, 0) is 86.1 Å². The van der Waals surface area contributed by atoms with Crippen molar-refractivity contribution in [1.29, 1.82) is 0 Å². The van der Waals surface area contributed by atoms with Crippen LogP contribution in [0.2, 0.25) is 0 Å². The first kappa shape index (κ1) is 39.2. The molecule has 0 bridgehead atoms. The number of nitrogens with two attached hydrogens (primary N) is 2. The standard InChI is InChI=1S/C40H53N9O4S/c1-48-35(22-29-26-44-32-10-3-2-9-31(29)32)38(51)46-24-27-13-14-30(49-18-20-53-21-19-49)23-36(27)54-39-28(8-7-17-43-39)25-45-33(12-6-16-42)37(50)47-34(40(48)52)11-4-5-15-41/h2-3,7-10,13-14,17,23,26,33-35,44-45H,4-6,11-12,15-16,18-22,24-25,41-42H2,1H3,(H,46,51)(H,47,50)/t33-,34-,35-/m0/s1. The van der Waals surface area contributed by atoms with Crippen LogP contribution in [0.5, 0.6) is 0 Å². The van der Waals surface area contributed by atoms with Crippen molar-refractivity contribution in [3.05, 3.63) is 83.7 Å². The predicted octanol–water partition coefficient (Wildman–Crippen LogP) is 3.06. The topological polar surface area (TPSA) is 184 Å². The van der Waals surface area contributed by atoms with Crippen molar-refractivity contribution in [2.75, 3.05) is 51.3 Å². The second kappa shape index (κ2) is 19.2. The molecule has 1 fully saturated rings. The van der Waals surface area contributed by atoms with Gasteiger partial charge in [0.25, 0.3) is 0 Å². The number of carbonyl (C=O) groups excluding carboxylic acids is 3. The highest BCUT2D eigenvalue weighted by molar-refractivity contribution is 7.99. The van der Waals surface area contributed by atoms with E-state index in [1.807, 2.05) is 42.6 Å². The molecule has 0 saturated carbocycles. The molecular formula is C40H53N9O4S. The van der Waals surface area contributed by atoms with Crippen LogP contribution >= 0.6 is 11.8 Å². The number of likely N-dealkylation sites (N-methyl/N-ethyl adjacent to an activating group) is 1. The molecule has 4 aromatic rings. The number of benzene rings is 2. The number of aromatic amines is 1. The molecule has 2 aliphatic rings. The van der Waals surface area contributed by atoms with Gasteiger partial charge in [-0.15, -0.1) is 0 Å². The summed E-state index contributed by atoms with van der Waals surface area (Å²) < 4.78 is 5.61. The average Bonchev–Trinajstić information content (AvgIpc) is 3.61. The van der Waals surface area contributed by atoms with E-state index in [2.05, 4.69) is 44.0 Å². The summed E-state index contributed by atoms with van der Waals surface area (Å²) in [6, 6.07) is 15.8. The van der Waals surface area contributed by atoms with Gasteiger partial charge in [-0.25, -0.2) is 4.98 Å². The lowest BCUT2D eigenvalue weighted by Gasteiger charge is -2.32. The maximum absolute atomic E-state index is 14.5. The highest BCUT2D eigenvalue weighted by Gasteiger charge is 2.34. The number of carbonyl (C=O) groups is 3. The first-order valence-corrected chi connectivity index (χ1v) is 19.8. The summed E-state index contributed by atoms with van der Waals surface area (Å²) in [7, 11) is 1.66. The lowest BCUT2D eigenvalue weighted by atomic mass is 10.0. The fraction of sp³-hybridized carbons (Fsp3) is 0.450. The van der Waals surface area contributed by atoms with Crippen molar-refractivity contribution >= 4 is 46.1 Å². The SMILES string of the molecule is CN1C(=O)[C@H](CCCCN)NC(=O)[C@H](CCCN)NCc2cccnc2Sc2cc(N3CCOCC3)ccc2CNC(=O)[C@@H]1Cc1c[nH]c2ccccc12. The zero-order chi connectivity index (χ0) is 37.9. The van der Waals surface area contributed by atoms with Gasteiger partial charge < -0.3 is 46.9 Å². The van der Waals surface area contributed by atoms with E-state index >= 15 is 0 Å². The van der Waals surface area contributed by atoms with Gasteiger partial charge in [0.05, 0.1) is 19.3 Å². The normalized spacial score (nSPS) is 20.6. The quantitative estimate of drug-likeness (QED) is 0.132. The van der Waals surface area contributed by atoms with Crippen molar-refractivity contribution in [2.45, 2.75) is 79.7 Å². The van der Waals surface area contributed by atoms with E-state index < -0.39 is 18.1 Å². The van der Waals surface area contributed by atoms with Crippen molar-refractivity contribution in [2.24, 2.45) is 11.5 Å². The van der Waals surface area contributed by atoms with Crippen molar-refractivity contribution in [3.8, 4) is 0 Å². The molecule has 54 heavy (non-hydrogen) atoms. The predicted molar refractivity (Wildman–Crippen MR) is 212 cm³/mol. The molecule has 3 amide bonds. The number of fused-ring (bicyclic) bond motifs is 3. The third kappa shape index (κ3) is 9.79. The number of morpholine rings is 1. The van der Waals surface area contributed by atoms with Gasteiger partial charge in [-0.2, -0.15) is 0 Å². The minimum Gasteiger partial charge on any atom is -0.378 e. The molecule has 2 aliphatic heterocycles. The highest BCUT2D eigenvalue weighted by atomic mass is 32.2. The smallest absolute Gasteiger partial charge is 0.245 e. The third-order valence-corrected chi connectivity index (χ3v) is 11.4. The number of unbranched alkanes of at least 4 members (excludes halogenated alkanes) is 1. The summed E-state index contributed by atoms with van der Waals surface area (Å²) in [5.74, 6) is -0.909. The number of amides is 3. The Morgan fingerprint density at radius 1 is 0.889 bits per heavy atom. The lowest BCUT2D eigenvalue weighted by Crippen LogP contribution is -2.57. The van der Waals surface area contributed by atoms with Gasteiger partial charge in [-0.3, -0.25) is 14.4 Å². The average molecular weight is 756 g/mol. The molecule has 1 saturated heterocycles. The molecule has 288 valence electrons. The first-order chi connectivity index (χ1) is 26.4. The molecule has 13 nitrogen and oxygen atoms in total. The van der Waals surface area contributed by atoms with Crippen LogP contribution in [0.15, 0.2) is 76.9 Å². The number of para-hydroxylation sites is 1. The number of pyridine rings is 1. The first-order valence-electron chi connectivity index (χ1n) is 19.0. The molecule has 8 N–H and O–H groups in total. The Labute approximate surface area is 321 Å². The van der Waals surface area contributed by atoms with E-state index in [0.717, 1.165) is 56.3 Å². The van der Waals surface area contributed by atoms with E-state index in [-0.39, 0.29) is 30.7 Å². The second-order valence-corrected chi connectivity index (χ2v) is 14.9. The summed E-state index contributed by atoms with van der Waals surface area (Å²) in [4.78, 5) is 55.8. The zero-order valence-corrected chi connectivity index (χ0v) is 31.8. The van der Waals surface area contributed by atoms with Gasteiger partial charge >= 0.3 is 0 Å². The molecular weight excluding hydrogens is 703 g/mol. The summed E-state index contributed by atoms with van der Waals surface area (Å²) >= 11 is 1.54. The van der Waals surface area contributed by atoms with E-state index in [1.54, 1.807) is 13.2 Å². The fourth-order valence-corrected chi connectivity index (χ4v) is 8.12. The minimum atomic E-state index is -0.862. The molecule has 2 aromatic heterocycles. The molecule has 0 spiro atoms. The molecule has 0 unspecified atom stereocenters. The maximum atomic E-state index is 14.5. The molecule has 4 heterocycles. The van der Waals surface area contributed by atoms with Crippen LogP contribution in [-0.4, -0.2) is 97.2 Å². The summed E-state index contributed by atoms with van der Waals surface area (Å²) in [6.45, 7) is 4.41.